The predicted octanol–water partition coefficient (Wildman–Crippen LogP) is 13.4. The van der Waals surface area contributed by atoms with Gasteiger partial charge in [-0.2, -0.15) is 0 Å². The molecule has 0 fully saturated rings. The average molecular weight is 643 g/mol. The highest BCUT2D eigenvalue weighted by molar-refractivity contribution is 6.26. The molecule has 0 amide bonds. The van der Waals surface area contributed by atoms with Crippen molar-refractivity contribution in [2.45, 2.75) is 38.5 Å². The van der Waals surface area contributed by atoms with Gasteiger partial charge in [0.05, 0.1) is 22.7 Å². The van der Waals surface area contributed by atoms with E-state index >= 15 is 0 Å². The van der Waals surface area contributed by atoms with E-state index in [1.165, 1.54) is 88.7 Å². The minimum absolute atomic E-state index is 0.0910. The van der Waals surface area contributed by atoms with Crippen molar-refractivity contribution in [2.24, 2.45) is 0 Å². The van der Waals surface area contributed by atoms with E-state index in [0.29, 0.717) is 0 Å². The van der Waals surface area contributed by atoms with E-state index in [1.54, 1.807) is 0 Å². The highest BCUT2D eigenvalue weighted by Crippen LogP contribution is 2.54. The molecule has 0 N–H and O–H groups in total. The molecule has 8 aromatic carbocycles. The maximum Gasteiger partial charge on any atom is 0.0502 e. The van der Waals surface area contributed by atoms with Crippen molar-refractivity contribution in [1.29, 1.82) is 0 Å². The van der Waals surface area contributed by atoms with Crippen LogP contribution < -0.4 is 9.80 Å². The Balaban J connectivity index is 1.20. The number of anilines is 6. The number of nitrogens with zero attached hydrogens (tertiary/aromatic N) is 2. The summed E-state index contributed by atoms with van der Waals surface area (Å²) in [6.07, 6.45) is 0. The zero-order valence-corrected chi connectivity index (χ0v) is 28.9. The van der Waals surface area contributed by atoms with E-state index in [4.69, 9.17) is 0 Å². The van der Waals surface area contributed by atoms with Crippen molar-refractivity contribution in [3.8, 4) is 0 Å². The maximum atomic E-state index is 2.46. The van der Waals surface area contributed by atoms with Gasteiger partial charge >= 0.3 is 0 Å². The molecule has 0 saturated carbocycles. The summed E-state index contributed by atoms with van der Waals surface area (Å²) in [5, 5.41) is 7.63. The van der Waals surface area contributed by atoms with Crippen molar-refractivity contribution < 1.29 is 0 Å². The molecule has 10 rings (SSSR count). The molecule has 0 atom stereocenters. The number of fused-ring (bicyclic) bond motifs is 10. The van der Waals surface area contributed by atoms with Crippen molar-refractivity contribution in [1.82, 2.24) is 0 Å². The summed E-state index contributed by atoms with van der Waals surface area (Å²) in [6, 6.07) is 58.7. The molecule has 0 radical (unpaired) electrons. The maximum absolute atomic E-state index is 2.46. The number of para-hydroxylation sites is 4. The number of hydrogen-bond acceptors (Lipinski definition) is 2. The quantitative estimate of drug-likeness (QED) is 0.173. The lowest BCUT2D eigenvalue weighted by atomic mass is 9.73. The Morgan fingerprint density at radius 1 is 0.300 bits per heavy atom. The molecule has 2 heterocycles. The first-order valence-electron chi connectivity index (χ1n) is 17.7. The van der Waals surface area contributed by atoms with Crippen LogP contribution in [-0.4, -0.2) is 0 Å². The second kappa shape index (κ2) is 10.3. The first-order valence-corrected chi connectivity index (χ1v) is 17.7. The van der Waals surface area contributed by atoms with Crippen LogP contribution in [-0.2, 0) is 10.8 Å². The van der Waals surface area contributed by atoms with Crippen LogP contribution in [0, 0.1) is 0 Å². The van der Waals surface area contributed by atoms with E-state index in [9.17, 15) is 0 Å². The molecule has 8 aromatic rings. The molecule has 50 heavy (non-hydrogen) atoms. The second-order valence-electron chi connectivity index (χ2n) is 15.0. The molecule has 0 spiro atoms. The van der Waals surface area contributed by atoms with Crippen LogP contribution in [0.25, 0.3) is 32.3 Å². The lowest BCUT2D eigenvalue weighted by molar-refractivity contribution is 0.632. The SMILES string of the molecule is CC1(C)c2ccccc2N(c2ccc3c4ccc(N5c6ccccc6C(C)(C)c6ccccc65)cc4c4ccccc4c3c2)c2ccccc21. The van der Waals surface area contributed by atoms with Gasteiger partial charge < -0.3 is 9.80 Å². The zero-order valence-electron chi connectivity index (χ0n) is 28.9. The third-order valence-corrected chi connectivity index (χ3v) is 11.6. The van der Waals surface area contributed by atoms with Gasteiger partial charge in [-0.1, -0.05) is 137 Å². The van der Waals surface area contributed by atoms with Crippen LogP contribution in [0.15, 0.2) is 158 Å². The van der Waals surface area contributed by atoms with E-state index in [1.807, 2.05) is 0 Å². The van der Waals surface area contributed by atoms with Gasteiger partial charge in [0.25, 0.3) is 0 Å². The predicted molar refractivity (Wildman–Crippen MR) is 213 cm³/mol. The molecule has 0 saturated heterocycles. The Labute approximate surface area is 293 Å². The fraction of sp³-hybridized carbons (Fsp3) is 0.125. The summed E-state index contributed by atoms with van der Waals surface area (Å²) in [5.41, 5.74) is 12.5. The van der Waals surface area contributed by atoms with Gasteiger partial charge in [-0.3, -0.25) is 0 Å². The largest absolute Gasteiger partial charge is 0.310 e. The molecule has 0 aromatic heterocycles. The normalized spacial score (nSPS) is 15.4. The Morgan fingerprint density at radius 3 is 0.920 bits per heavy atom. The number of benzene rings is 8. The number of rotatable bonds is 2. The lowest BCUT2D eigenvalue weighted by Crippen LogP contribution is -2.30. The fourth-order valence-corrected chi connectivity index (χ4v) is 9.11. The molecular weight excluding hydrogens is 605 g/mol. The van der Waals surface area contributed by atoms with E-state index in [2.05, 4.69) is 195 Å². The van der Waals surface area contributed by atoms with Crippen molar-refractivity contribution in [2.75, 3.05) is 9.80 Å². The summed E-state index contributed by atoms with van der Waals surface area (Å²) in [7, 11) is 0. The average Bonchev–Trinajstić information content (AvgIpc) is 3.15. The summed E-state index contributed by atoms with van der Waals surface area (Å²) in [6.45, 7) is 9.38. The summed E-state index contributed by atoms with van der Waals surface area (Å²) in [5.74, 6) is 0. The van der Waals surface area contributed by atoms with Gasteiger partial charge in [-0.25, -0.2) is 0 Å². The van der Waals surface area contributed by atoms with Gasteiger partial charge in [-0.15, -0.1) is 0 Å². The highest BCUT2D eigenvalue weighted by atomic mass is 15.2. The molecule has 0 aliphatic carbocycles. The van der Waals surface area contributed by atoms with E-state index in [0.717, 1.165) is 0 Å². The molecular formula is C48H38N2. The van der Waals surface area contributed by atoms with E-state index in [-0.39, 0.29) is 10.8 Å². The van der Waals surface area contributed by atoms with Crippen LogP contribution in [0.4, 0.5) is 34.1 Å². The topological polar surface area (TPSA) is 6.48 Å². The van der Waals surface area contributed by atoms with Gasteiger partial charge in [0.2, 0.25) is 0 Å². The second-order valence-corrected chi connectivity index (χ2v) is 15.0. The van der Waals surface area contributed by atoms with Crippen LogP contribution in [0.2, 0.25) is 0 Å². The molecule has 2 aliphatic heterocycles. The van der Waals surface area contributed by atoms with Gasteiger partial charge in [0.1, 0.15) is 0 Å². The minimum Gasteiger partial charge on any atom is -0.310 e. The van der Waals surface area contributed by atoms with Crippen molar-refractivity contribution in [3.63, 3.8) is 0 Å². The Hall–Kier alpha value is -5.86. The molecule has 240 valence electrons. The lowest BCUT2D eigenvalue weighted by Gasteiger charge is -2.42. The van der Waals surface area contributed by atoms with Crippen molar-refractivity contribution in [3.05, 3.63) is 180 Å². The summed E-state index contributed by atoms with van der Waals surface area (Å²) < 4.78 is 0. The summed E-state index contributed by atoms with van der Waals surface area (Å²) >= 11 is 0. The first kappa shape index (κ1) is 29.1. The standard InChI is InChI=1S/C48H38N2/c1-47(2)39-17-7-11-21-43(39)49(44-22-12-8-18-40(44)47)31-25-27-35-36-28-26-32(30-38(36)34-16-6-5-15-33(34)37(35)29-31)50-45-23-13-9-19-41(45)48(3,4)42-20-10-14-24-46(42)50/h5-30H,1-4H3. The van der Waals surface area contributed by atoms with Gasteiger partial charge in [0, 0.05) is 22.2 Å². The van der Waals surface area contributed by atoms with Crippen molar-refractivity contribution >= 4 is 66.4 Å². The molecule has 0 unspecified atom stereocenters. The molecule has 2 aliphatic rings. The monoisotopic (exact) mass is 642 g/mol. The van der Waals surface area contributed by atoms with Crippen LogP contribution in [0.1, 0.15) is 49.9 Å². The molecule has 2 nitrogen and oxygen atoms in total. The highest BCUT2D eigenvalue weighted by Gasteiger charge is 2.38. The Bertz CT molecular complexity index is 2380. The Morgan fingerprint density at radius 2 is 0.580 bits per heavy atom. The summed E-state index contributed by atoms with van der Waals surface area (Å²) in [4.78, 5) is 4.92. The zero-order chi connectivity index (χ0) is 33.8. The fourth-order valence-electron chi connectivity index (χ4n) is 9.11. The third-order valence-electron chi connectivity index (χ3n) is 11.6. The number of hydrogen-bond donors (Lipinski definition) is 0. The molecule has 2 heteroatoms. The van der Waals surface area contributed by atoms with Crippen LogP contribution >= 0.6 is 0 Å². The van der Waals surface area contributed by atoms with Crippen LogP contribution in [0.3, 0.4) is 0 Å². The van der Waals surface area contributed by atoms with Gasteiger partial charge in [-0.05, 0) is 103 Å². The molecule has 0 bridgehead atoms. The van der Waals surface area contributed by atoms with E-state index < -0.39 is 0 Å². The van der Waals surface area contributed by atoms with Gasteiger partial charge in [0.15, 0.2) is 0 Å². The van der Waals surface area contributed by atoms with Crippen LogP contribution in [0.5, 0.6) is 0 Å². The first-order chi connectivity index (χ1) is 24.3. The smallest absolute Gasteiger partial charge is 0.0502 e. The minimum atomic E-state index is -0.0910. The third kappa shape index (κ3) is 3.91. The Kier molecular flexibility index (Phi) is 6.01.